The fourth-order valence-electron chi connectivity index (χ4n) is 3.41. The Balaban J connectivity index is 1.77. The van der Waals surface area contributed by atoms with Crippen molar-refractivity contribution in [1.82, 2.24) is 9.36 Å². The van der Waals surface area contributed by atoms with E-state index in [0.29, 0.717) is 5.69 Å². The summed E-state index contributed by atoms with van der Waals surface area (Å²) < 4.78 is 5.79. The zero-order valence-electron chi connectivity index (χ0n) is 16.2. The molecule has 0 aliphatic heterocycles. The summed E-state index contributed by atoms with van der Waals surface area (Å²) in [4.78, 5) is 13.2. The number of anilines is 2. The van der Waals surface area contributed by atoms with Crippen LogP contribution in [-0.4, -0.2) is 9.36 Å². The van der Waals surface area contributed by atoms with Gasteiger partial charge in [0, 0.05) is 18.0 Å². The number of hydrogen-bond acceptors (Lipinski definition) is 3. The van der Waals surface area contributed by atoms with Crippen molar-refractivity contribution in [3.05, 3.63) is 82.1 Å². The van der Waals surface area contributed by atoms with E-state index in [4.69, 9.17) is 0 Å². The molecule has 2 heterocycles. The maximum Gasteiger partial charge on any atom is 0.339 e. The minimum Gasteiger partial charge on any atom is -0.281 e. The summed E-state index contributed by atoms with van der Waals surface area (Å²) in [6.07, 6.45) is 0. The number of rotatable bonds is 5. The van der Waals surface area contributed by atoms with Gasteiger partial charge in [0.15, 0.2) is 0 Å². The molecule has 6 heteroatoms. The monoisotopic (exact) mass is 391 g/mol. The Kier molecular flexibility index (Phi) is 4.88. The smallest absolute Gasteiger partial charge is 0.281 e. The molecule has 2 aromatic heterocycles. The summed E-state index contributed by atoms with van der Waals surface area (Å²) >= 11 is 1.61. The van der Waals surface area contributed by atoms with E-state index in [9.17, 15) is 4.79 Å². The minimum absolute atomic E-state index is 0.0523. The van der Waals surface area contributed by atoms with E-state index in [-0.39, 0.29) is 5.56 Å². The first kappa shape index (κ1) is 18.3. The molecule has 4 rings (SSSR count). The molecule has 1 N–H and O–H groups in total. The van der Waals surface area contributed by atoms with Crippen LogP contribution in [0.4, 0.5) is 10.8 Å². The van der Waals surface area contributed by atoms with E-state index in [0.717, 1.165) is 28.8 Å². The van der Waals surface area contributed by atoms with Gasteiger partial charge in [-0.25, -0.2) is 14.6 Å². The highest BCUT2D eigenvalue weighted by atomic mass is 32.1. The summed E-state index contributed by atoms with van der Waals surface area (Å²) in [5, 5.41) is 6.49. The van der Waals surface area contributed by atoms with E-state index in [1.165, 1.54) is 5.56 Å². The molecule has 0 aliphatic carbocycles. The third kappa shape index (κ3) is 3.05. The van der Waals surface area contributed by atoms with Crippen molar-refractivity contribution in [2.45, 2.75) is 20.4 Å². The highest BCUT2D eigenvalue weighted by Crippen LogP contribution is 2.26. The average molecular weight is 392 g/mol. The summed E-state index contributed by atoms with van der Waals surface area (Å²) in [6.45, 7) is 4.89. The lowest BCUT2D eigenvalue weighted by Crippen LogP contribution is -2.35. The molecule has 28 heavy (non-hydrogen) atoms. The van der Waals surface area contributed by atoms with Crippen molar-refractivity contribution < 1.29 is 4.57 Å². The zero-order chi connectivity index (χ0) is 19.7. The number of thiazole rings is 1. The SMILES string of the molecule is CC[n+]1c(-c2ccccc2)csc1Nc1c(C)n(C)n(-c2ccccc2)c1=O. The first-order valence-corrected chi connectivity index (χ1v) is 10.2. The average Bonchev–Trinajstić information content (AvgIpc) is 3.23. The van der Waals surface area contributed by atoms with Gasteiger partial charge >= 0.3 is 10.7 Å². The largest absolute Gasteiger partial charge is 0.339 e. The molecule has 142 valence electrons. The van der Waals surface area contributed by atoms with Crippen molar-refractivity contribution in [2.24, 2.45) is 7.05 Å². The number of para-hydroxylation sites is 1. The maximum absolute atomic E-state index is 13.2. The van der Waals surface area contributed by atoms with Gasteiger partial charge in [-0.05, 0) is 26.0 Å². The Morgan fingerprint density at radius 1 is 1.04 bits per heavy atom. The lowest BCUT2D eigenvalue weighted by molar-refractivity contribution is -0.664. The first-order chi connectivity index (χ1) is 13.6. The van der Waals surface area contributed by atoms with Crippen molar-refractivity contribution in [1.29, 1.82) is 0 Å². The Morgan fingerprint density at radius 2 is 1.68 bits per heavy atom. The number of aromatic nitrogens is 3. The van der Waals surface area contributed by atoms with Crippen LogP contribution in [0.3, 0.4) is 0 Å². The third-order valence-electron chi connectivity index (χ3n) is 4.99. The highest BCUT2D eigenvalue weighted by molar-refractivity contribution is 7.13. The number of benzene rings is 2. The molecule has 0 saturated heterocycles. The molecule has 4 aromatic rings. The van der Waals surface area contributed by atoms with Gasteiger partial charge < -0.3 is 0 Å². The van der Waals surface area contributed by atoms with Gasteiger partial charge in [-0.2, -0.15) is 0 Å². The number of nitrogens with one attached hydrogen (secondary N) is 1. The predicted octanol–water partition coefficient (Wildman–Crippen LogP) is 4.26. The van der Waals surface area contributed by atoms with Crippen LogP contribution in [0.1, 0.15) is 12.6 Å². The van der Waals surface area contributed by atoms with Gasteiger partial charge in [0.05, 0.1) is 17.9 Å². The van der Waals surface area contributed by atoms with Crippen LogP contribution in [0.15, 0.2) is 70.8 Å². The molecule has 0 unspecified atom stereocenters. The second-order valence-electron chi connectivity index (χ2n) is 6.60. The van der Waals surface area contributed by atoms with Gasteiger partial charge in [-0.1, -0.05) is 59.9 Å². The molecule has 0 bridgehead atoms. The lowest BCUT2D eigenvalue weighted by atomic mass is 10.2. The van der Waals surface area contributed by atoms with E-state index < -0.39 is 0 Å². The predicted molar refractivity (Wildman–Crippen MR) is 115 cm³/mol. The van der Waals surface area contributed by atoms with Crippen LogP contribution in [0.2, 0.25) is 0 Å². The third-order valence-corrected chi connectivity index (χ3v) is 5.88. The van der Waals surface area contributed by atoms with Crippen molar-refractivity contribution in [2.75, 3.05) is 5.32 Å². The van der Waals surface area contributed by atoms with E-state index in [1.807, 2.05) is 67.2 Å². The molecule has 0 fully saturated rings. The van der Waals surface area contributed by atoms with Crippen molar-refractivity contribution in [3.63, 3.8) is 0 Å². The Labute approximate surface area is 168 Å². The fourth-order valence-corrected chi connectivity index (χ4v) is 4.41. The Morgan fingerprint density at radius 3 is 2.32 bits per heavy atom. The van der Waals surface area contributed by atoms with Crippen LogP contribution in [0.5, 0.6) is 0 Å². The topological polar surface area (TPSA) is 42.8 Å². The van der Waals surface area contributed by atoms with Crippen LogP contribution < -0.4 is 15.4 Å². The van der Waals surface area contributed by atoms with Crippen LogP contribution >= 0.6 is 11.3 Å². The molecule has 0 aliphatic rings. The first-order valence-electron chi connectivity index (χ1n) is 9.29. The quantitative estimate of drug-likeness (QED) is 0.517. The fraction of sp³-hybridized carbons (Fsp3) is 0.182. The summed E-state index contributed by atoms with van der Waals surface area (Å²) in [7, 11) is 1.91. The number of nitrogens with zero attached hydrogens (tertiary/aromatic N) is 3. The molecule has 5 nitrogen and oxygen atoms in total. The zero-order valence-corrected chi connectivity index (χ0v) is 17.0. The van der Waals surface area contributed by atoms with Crippen molar-refractivity contribution >= 4 is 22.2 Å². The minimum atomic E-state index is -0.0523. The van der Waals surface area contributed by atoms with E-state index in [2.05, 4.69) is 34.3 Å². The summed E-state index contributed by atoms with van der Waals surface area (Å²) in [5.74, 6) is 0. The second kappa shape index (κ2) is 7.48. The molecular formula is C22H23N4OS+. The van der Waals surface area contributed by atoms with Crippen LogP contribution in [0, 0.1) is 6.92 Å². The Hall–Kier alpha value is -3.12. The van der Waals surface area contributed by atoms with Gasteiger partial charge in [-0.3, -0.25) is 9.48 Å². The molecule has 2 aromatic carbocycles. The molecule has 0 spiro atoms. The normalized spacial score (nSPS) is 11.0. The molecular weight excluding hydrogens is 368 g/mol. The van der Waals surface area contributed by atoms with Gasteiger partial charge in [0.2, 0.25) is 5.69 Å². The van der Waals surface area contributed by atoms with E-state index in [1.54, 1.807) is 16.0 Å². The van der Waals surface area contributed by atoms with Crippen LogP contribution in [-0.2, 0) is 13.6 Å². The number of hydrogen-bond donors (Lipinski definition) is 1. The lowest BCUT2D eigenvalue weighted by Gasteiger charge is -2.06. The maximum atomic E-state index is 13.2. The molecule has 0 radical (unpaired) electrons. The van der Waals surface area contributed by atoms with Gasteiger partial charge in [-0.15, -0.1) is 0 Å². The standard InChI is InChI=1S/C22H22N4OS/c1-4-25-19(17-11-7-5-8-12-17)15-28-22(25)23-20-16(2)24(3)26(21(20)27)18-13-9-6-10-14-18/h5-15H,4H2,1-3H3/p+1. The summed E-state index contributed by atoms with van der Waals surface area (Å²) in [5.41, 5.74) is 4.61. The van der Waals surface area contributed by atoms with Crippen LogP contribution in [0.25, 0.3) is 16.9 Å². The molecule has 0 amide bonds. The molecule has 0 atom stereocenters. The molecule has 0 saturated carbocycles. The second-order valence-corrected chi connectivity index (χ2v) is 7.46. The van der Waals surface area contributed by atoms with Gasteiger partial charge in [0.1, 0.15) is 5.69 Å². The van der Waals surface area contributed by atoms with Gasteiger partial charge in [0.25, 0.3) is 0 Å². The highest BCUT2D eigenvalue weighted by Gasteiger charge is 2.24. The van der Waals surface area contributed by atoms with E-state index >= 15 is 0 Å². The van der Waals surface area contributed by atoms with Crippen molar-refractivity contribution in [3.8, 4) is 16.9 Å². The Bertz CT molecular complexity index is 1160. The summed E-state index contributed by atoms with van der Waals surface area (Å²) in [6, 6.07) is 20.0.